The first kappa shape index (κ1) is 21.3. The molecule has 2 aromatic rings. The molecule has 0 saturated carbocycles. The van der Waals surface area contributed by atoms with Gasteiger partial charge in [-0.05, 0) is 39.3 Å². The van der Waals surface area contributed by atoms with Gasteiger partial charge in [-0.1, -0.05) is 23.9 Å². The summed E-state index contributed by atoms with van der Waals surface area (Å²) in [7, 11) is 0. The predicted molar refractivity (Wildman–Crippen MR) is 112 cm³/mol. The Morgan fingerprint density at radius 1 is 1.28 bits per heavy atom. The van der Waals surface area contributed by atoms with Crippen molar-refractivity contribution in [2.45, 2.75) is 50.2 Å². The highest BCUT2D eigenvalue weighted by molar-refractivity contribution is 8.00. The molecule has 3 rings (SSSR count). The second-order valence-corrected chi connectivity index (χ2v) is 8.43. The highest BCUT2D eigenvalue weighted by atomic mass is 32.2. The zero-order valence-corrected chi connectivity index (χ0v) is 17.7. The Labute approximate surface area is 173 Å². The largest absolute Gasteiger partial charge is 0.379 e. The van der Waals surface area contributed by atoms with Gasteiger partial charge in [0.1, 0.15) is 0 Å². The number of imide groups is 1. The number of para-hydroxylation sites is 1. The first-order chi connectivity index (χ1) is 13.9. The van der Waals surface area contributed by atoms with E-state index in [1.54, 1.807) is 23.6 Å². The molecular formula is C20H26N4O4S. The summed E-state index contributed by atoms with van der Waals surface area (Å²) in [6.07, 6.45) is 0.780. The van der Waals surface area contributed by atoms with Crippen molar-refractivity contribution >= 4 is 34.6 Å². The second kappa shape index (κ2) is 9.41. The number of urea groups is 1. The number of hydrogen-bond donors (Lipinski definition) is 1. The average molecular weight is 419 g/mol. The van der Waals surface area contributed by atoms with Gasteiger partial charge >= 0.3 is 6.03 Å². The van der Waals surface area contributed by atoms with Crippen molar-refractivity contribution in [1.82, 2.24) is 19.8 Å². The fourth-order valence-corrected chi connectivity index (χ4v) is 4.08. The number of thioether (sulfide) groups is 1. The highest BCUT2D eigenvalue weighted by Crippen LogP contribution is 2.24. The number of ether oxygens (including phenoxy) is 1. The van der Waals surface area contributed by atoms with Crippen molar-refractivity contribution in [3.8, 4) is 0 Å². The van der Waals surface area contributed by atoms with E-state index in [0.29, 0.717) is 48.7 Å². The van der Waals surface area contributed by atoms with Gasteiger partial charge in [0.05, 0.1) is 22.3 Å². The van der Waals surface area contributed by atoms with Gasteiger partial charge < -0.3 is 10.1 Å². The SMILES string of the molecule is CC(C)OCCCn1c(S[C@H](C)C(=O)N2CCNC2=O)nc2ccccc2c1=O. The van der Waals surface area contributed by atoms with E-state index in [4.69, 9.17) is 4.74 Å². The molecule has 9 heteroatoms. The molecule has 0 radical (unpaired) electrons. The number of carbonyl (C=O) groups is 2. The number of nitrogens with one attached hydrogen (secondary N) is 1. The van der Waals surface area contributed by atoms with Gasteiger partial charge in [0, 0.05) is 26.2 Å². The predicted octanol–water partition coefficient (Wildman–Crippen LogP) is 2.24. The Kier molecular flexibility index (Phi) is 6.92. The standard InChI is InChI=1S/C20H26N4O4S/c1-13(2)28-12-6-10-24-18(26)15-7-4-5-8-16(15)22-20(24)29-14(3)17(25)23-11-9-21-19(23)27/h4-5,7-8,13-14H,6,9-12H2,1-3H3,(H,21,27)/t14-/m1/s1. The van der Waals surface area contributed by atoms with Crippen LogP contribution in [-0.4, -0.2) is 57.4 Å². The zero-order valence-electron chi connectivity index (χ0n) is 16.9. The maximum absolute atomic E-state index is 13.0. The monoisotopic (exact) mass is 418 g/mol. The molecule has 29 heavy (non-hydrogen) atoms. The maximum Gasteiger partial charge on any atom is 0.324 e. The van der Waals surface area contributed by atoms with Crippen LogP contribution in [-0.2, 0) is 16.1 Å². The minimum atomic E-state index is -0.551. The molecule has 1 fully saturated rings. The van der Waals surface area contributed by atoms with E-state index >= 15 is 0 Å². The van der Waals surface area contributed by atoms with E-state index in [9.17, 15) is 14.4 Å². The minimum absolute atomic E-state index is 0.125. The molecule has 2 heterocycles. The van der Waals surface area contributed by atoms with Crippen LogP contribution in [0.2, 0.25) is 0 Å². The second-order valence-electron chi connectivity index (χ2n) is 7.12. The molecular weight excluding hydrogens is 392 g/mol. The summed E-state index contributed by atoms with van der Waals surface area (Å²) in [5, 5.41) is 3.09. The maximum atomic E-state index is 13.0. The first-order valence-corrected chi connectivity index (χ1v) is 10.6. The normalized spacial score (nSPS) is 15.2. The van der Waals surface area contributed by atoms with E-state index in [0.717, 1.165) is 0 Å². The van der Waals surface area contributed by atoms with Crippen molar-refractivity contribution < 1.29 is 14.3 Å². The van der Waals surface area contributed by atoms with Crippen LogP contribution in [0, 0.1) is 0 Å². The summed E-state index contributed by atoms with van der Waals surface area (Å²) in [6, 6.07) is 6.80. The van der Waals surface area contributed by atoms with Gasteiger partial charge in [0.25, 0.3) is 5.56 Å². The fraction of sp³-hybridized carbons (Fsp3) is 0.500. The molecule has 1 aromatic carbocycles. The third-order valence-corrected chi connectivity index (χ3v) is 5.63. The Hall–Kier alpha value is -2.39. The van der Waals surface area contributed by atoms with E-state index in [2.05, 4.69) is 10.3 Å². The zero-order chi connectivity index (χ0) is 21.0. The summed E-state index contributed by atoms with van der Waals surface area (Å²) >= 11 is 1.20. The van der Waals surface area contributed by atoms with Crippen LogP contribution in [0.3, 0.4) is 0 Å². The van der Waals surface area contributed by atoms with Crippen LogP contribution in [0.4, 0.5) is 4.79 Å². The number of nitrogens with zero attached hydrogens (tertiary/aromatic N) is 3. The number of carbonyl (C=O) groups excluding carboxylic acids is 2. The molecule has 8 nitrogen and oxygen atoms in total. The molecule has 1 aliphatic heterocycles. The summed E-state index contributed by atoms with van der Waals surface area (Å²) < 4.78 is 7.18. The number of aromatic nitrogens is 2. The van der Waals surface area contributed by atoms with Gasteiger partial charge in [-0.15, -0.1) is 0 Å². The molecule has 1 atom stereocenters. The lowest BCUT2D eigenvalue weighted by Crippen LogP contribution is -2.39. The Morgan fingerprint density at radius 3 is 2.72 bits per heavy atom. The van der Waals surface area contributed by atoms with Crippen molar-refractivity contribution in [3.05, 3.63) is 34.6 Å². The van der Waals surface area contributed by atoms with Gasteiger partial charge in [0.15, 0.2) is 5.16 Å². The van der Waals surface area contributed by atoms with Crippen LogP contribution in [0.15, 0.2) is 34.2 Å². The van der Waals surface area contributed by atoms with Gasteiger partial charge in [0.2, 0.25) is 5.91 Å². The first-order valence-electron chi connectivity index (χ1n) is 9.75. The molecule has 1 aliphatic rings. The molecule has 1 N–H and O–H groups in total. The number of amides is 3. The number of hydrogen-bond acceptors (Lipinski definition) is 6. The third-order valence-electron chi connectivity index (χ3n) is 4.56. The Morgan fingerprint density at radius 2 is 2.03 bits per heavy atom. The Bertz CT molecular complexity index is 959. The average Bonchev–Trinajstić information content (AvgIpc) is 3.12. The molecule has 0 unspecified atom stereocenters. The Balaban J connectivity index is 1.86. The summed E-state index contributed by atoms with van der Waals surface area (Å²) in [6.45, 7) is 7.44. The van der Waals surface area contributed by atoms with Crippen LogP contribution >= 0.6 is 11.8 Å². The highest BCUT2D eigenvalue weighted by Gasteiger charge is 2.31. The molecule has 1 aromatic heterocycles. The molecule has 0 bridgehead atoms. The van der Waals surface area contributed by atoms with Crippen molar-refractivity contribution in [2.75, 3.05) is 19.7 Å². The molecule has 0 aliphatic carbocycles. The molecule has 0 spiro atoms. The lowest BCUT2D eigenvalue weighted by atomic mass is 10.2. The van der Waals surface area contributed by atoms with E-state index in [-0.39, 0.29) is 23.6 Å². The van der Waals surface area contributed by atoms with Gasteiger partial charge in [-0.2, -0.15) is 0 Å². The molecule has 1 saturated heterocycles. The topological polar surface area (TPSA) is 93.5 Å². The summed E-state index contributed by atoms with van der Waals surface area (Å²) in [5.41, 5.74) is 0.453. The lowest BCUT2D eigenvalue weighted by Gasteiger charge is -2.19. The number of benzene rings is 1. The molecule has 156 valence electrons. The van der Waals surface area contributed by atoms with E-state index < -0.39 is 5.25 Å². The minimum Gasteiger partial charge on any atom is -0.379 e. The van der Waals surface area contributed by atoms with Gasteiger partial charge in [-0.3, -0.25) is 19.1 Å². The summed E-state index contributed by atoms with van der Waals surface area (Å²) in [4.78, 5) is 43.3. The van der Waals surface area contributed by atoms with Crippen molar-refractivity contribution in [1.29, 1.82) is 0 Å². The smallest absolute Gasteiger partial charge is 0.324 e. The number of rotatable bonds is 8. The van der Waals surface area contributed by atoms with Crippen molar-refractivity contribution in [3.63, 3.8) is 0 Å². The summed E-state index contributed by atoms with van der Waals surface area (Å²) in [5.74, 6) is -0.290. The lowest BCUT2D eigenvalue weighted by molar-refractivity contribution is -0.126. The van der Waals surface area contributed by atoms with Crippen LogP contribution < -0.4 is 10.9 Å². The fourth-order valence-electron chi connectivity index (χ4n) is 3.09. The molecule has 3 amide bonds. The van der Waals surface area contributed by atoms with E-state index in [1.165, 1.54) is 16.7 Å². The van der Waals surface area contributed by atoms with E-state index in [1.807, 2.05) is 26.0 Å². The van der Waals surface area contributed by atoms with Crippen LogP contribution in [0.25, 0.3) is 10.9 Å². The van der Waals surface area contributed by atoms with Crippen LogP contribution in [0.5, 0.6) is 0 Å². The quantitative estimate of drug-likeness (QED) is 0.401. The van der Waals surface area contributed by atoms with Crippen LogP contribution in [0.1, 0.15) is 27.2 Å². The third kappa shape index (κ3) is 4.97. The number of fused-ring (bicyclic) bond motifs is 1. The van der Waals surface area contributed by atoms with Crippen molar-refractivity contribution in [2.24, 2.45) is 0 Å². The van der Waals surface area contributed by atoms with Gasteiger partial charge in [-0.25, -0.2) is 9.78 Å².